The number of hydrogen-bond acceptors (Lipinski definition) is 5. The van der Waals surface area contributed by atoms with Crippen molar-refractivity contribution in [2.75, 3.05) is 32.6 Å². The number of hydrogen-bond donors (Lipinski definition) is 2. The van der Waals surface area contributed by atoms with Crippen LogP contribution in [0.2, 0.25) is 0 Å². The Kier molecular flexibility index (Phi) is 7.24. The molecule has 0 fully saturated rings. The van der Waals surface area contributed by atoms with Crippen LogP contribution in [0.25, 0.3) is 0 Å². The fourth-order valence-electron chi connectivity index (χ4n) is 1.08. The third-order valence-corrected chi connectivity index (χ3v) is 2.83. The van der Waals surface area contributed by atoms with Crippen LogP contribution in [0.4, 0.5) is 0 Å². The van der Waals surface area contributed by atoms with Crippen molar-refractivity contribution in [3.05, 3.63) is 6.33 Å². The molecule has 1 aromatic heterocycles. The van der Waals surface area contributed by atoms with E-state index in [1.807, 2.05) is 0 Å². The lowest BCUT2D eigenvalue weighted by Crippen LogP contribution is -2.20. The minimum atomic E-state index is 0.785. The predicted octanol–water partition coefficient (Wildman–Crippen LogP) is 0.913. The van der Waals surface area contributed by atoms with Gasteiger partial charge in [0, 0.05) is 19.4 Å². The summed E-state index contributed by atoms with van der Waals surface area (Å²) in [6.07, 6.45) is 3.91. The molecule has 0 saturated heterocycles. The zero-order valence-corrected chi connectivity index (χ0v) is 9.85. The zero-order chi connectivity index (χ0) is 10.8. The van der Waals surface area contributed by atoms with Crippen LogP contribution in [0.5, 0.6) is 0 Å². The monoisotopic (exact) mass is 230 g/mol. The van der Waals surface area contributed by atoms with Crippen molar-refractivity contribution in [3.63, 3.8) is 0 Å². The van der Waals surface area contributed by atoms with E-state index in [9.17, 15) is 0 Å². The van der Waals surface area contributed by atoms with Gasteiger partial charge in [0.2, 0.25) is 0 Å². The summed E-state index contributed by atoms with van der Waals surface area (Å²) in [4.78, 5) is 4.04. The maximum atomic E-state index is 4.93. The minimum Gasteiger partial charge on any atom is -0.383 e. The summed E-state index contributed by atoms with van der Waals surface area (Å²) >= 11 is 1.71. The largest absolute Gasteiger partial charge is 0.383 e. The van der Waals surface area contributed by atoms with E-state index in [1.54, 1.807) is 18.9 Å². The number of aromatic nitrogens is 3. The summed E-state index contributed by atoms with van der Waals surface area (Å²) < 4.78 is 4.93. The number of H-pyrrole nitrogens is 1. The fourth-order valence-corrected chi connectivity index (χ4v) is 1.86. The summed E-state index contributed by atoms with van der Waals surface area (Å²) in [5, 5.41) is 10.8. The third kappa shape index (κ3) is 6.48. The first-order chi connectivity index (χ1) is 7.43. The number of methoxy groups -OCH3 is 1. The first kappa shape index (κ1) is 12.5. The van der Waals surface area contributed by atoms with Gasteiger partial charge in [0.05, 0.1) is 6.61 Å². The van der Waals surface area contributed by atoms with Gasteiger partial charge in [-0.3, -0.25) is 5.10 Å². The molecule has 0 radical (unpaired) electrons. The van der Waals surface area contributed by atoms with Gasteiger partial charge in [0.25, 0.3) is 0 Å². The first-order valence-corrected chi connectivity index (χ1v) is 6.10. The molecular weight excluding hydrogens is 212 g/mol. The van der Waals surface area contributed by atoms with Crippen LogP contribution in [0.1, 0.15) is 12.8 Å². The highest BCUT2D eigenvalue weighted by Gasteiger charge is 1.95. The second kappa shape index (κ2) is 8.70. The van der Waals surface area contributed by atoms with Gasteiger partial charge in [-0.25, -0.2) is 4.98 Å². The number of unbranched alkanes of at least 4 members (excludes halogenated alkanes) is 1. The Labute approximate surface area is 94.4 Å². The van der Waals surface area contributed by atoms with Crippen molar-refractivity contribution in [2.24, 2.45) is 0 Å². The second-order valence-electron chi connectivity index (χ2n) is 3.09. The minimum absolute atomic E-state index is 0.785. The molecule has 0 bridgehead atoms. The Morgan fingerprint density at radius 2 is 2.40 bits per heavy atom. The van der Waals surface area contributed by atoms with Gasteiger partial charge in [-0.2, -0.15) is 5.10 Å². The Hall–Kier alpha value is -0.590. The Bertz CT molecular complexity index is 230. The van der Waals surface area contributed by atoms with Crippen LogP contribution in [0.3, 0.4) is 0 Å². The molecule has 6 heteroatoms. The molecule has 0 amide bonds. The number of thioether (sulfide) groups is 1. The number of aromatic amines is 1. The molecule has 0 unspecified atom stereocenters. The van der Waals surface area contributed by atoms with E-state index in [0.29, 0.717) is 0 Å². The average Bonchev–Trinajstić information content (AvgIpc) is 2.75. The highest BCUT2D eigenvalue weighted by Crippen LogP contribution is 2.12. The van der Waals surface area contributed by atoms with E-state index >= 15 is 0 Å². The van der Waals surface area contributed by atoms with E-state index in [1.165, 1.54) is 19.2 Å². The molecule has 1 aromatic rings. The summed E-state index contributed by atoms with van der Waals surface area (Å²) in [5.74, 6) is 1.08. The molecule has 0 aromatic carbocycles. The summed E-state index contributed by atoms with van der Waals surface area (Å²) in [6.45, 7) is 2.78. The lowest BCUT2D eigenvalue weighted by molar-refractivity contribution is 0.199. The molecule has 0 aliphatic heterocycles. The van der Waals surface area contributed by atoms with E-state index in [0.717, 1.165) is 30.6 Å². The Morgan fingerprint density at radius 1 is 1.47 bits per heavy atom. The molecule has 1 heterocycles. The summed E-state index contributed by atoms with van der Waals surface area (Å²) in [7, 11) is 1.72. The van der Waals surface area contributed by atoms with Crippen molar-refractivity contribution in [3.8, 4) is 0 Å². The van der Waals surface area contributed by atoms with E-state index in [2.05, 4.69) is 20.5 Å². The van der Waals surface area contributed by atoms with Crippen LogP contribution in [-0.2, 0) is 4.74 Å². The molecule has 5 nitrogen and oxygen atoms in total. The average molecular weight is 230 g/mol. The highest BCUT2D eigenvalue weighted by atomic mass is 32.2. The van der Waals surface area contributed by atoms with Crippen LogP contribution in [0, 0.1) is 0 Å². The molecule has 0 spiro atoms. The van der Waals surface area contributed by atoms with Crippen LogP contribution in [0.15, 0.2) is 11.5 Å². The molecular formula is C9H18N4OS. The normalized spacial score (nSPS) is 10.7. The van der Waals surface area contributed by atoms with E-state index in [-0.39, 0.29) is 0 Å². The predicted molar refractivity (Wildman–Crippen MR) is 61.1 cm³/mol. The quantitative estimate of drug-likeness (QED) is 0.488. The fraction of sp³-hybridized carbons (Fsp3) is 0.778. The molecule has 0 aliphatic carbocycles. The molecule has 1 rings (SSSR count). The molecule has 86 valence electrons. The van der Waals surface area contributed by atoms with Gasteiger partial charge in [0.15, 0.2) is 5.16 Å². The van der Waals surface area contributed by atoms with Crippen molar-refractivity contribution in [2.45, 2.75) is 18.0 Å². The number of ether oxygens (including phenoxy) is 1. The number of nitrogens with zero attached hydrogens (tertiary/aromatic N) is 2. The van der Waals surface area contributed by atoms with Crippen LogP contribution in [-0.4, -0.2) is 47.7 Å². The van der Waals surface area contributed by atoms with Crippen LogP contribution < -0.4 is 5.32 Å². The molecule has 2 N–H and O–H groups in total. The lowest BCUT2D eigenvalue weighted by Gasteiger charge is -2.02. The standard InChI is InChI=1S/C9H18N4OS/c1-14-6-5-10-4-2-3-7-15-9-11-8-12-13-9/h8,10H,2-7H2,1H3,(H,11,12,13). The van der Waals surface area contributed by atoms with Crippen molar-refractivity contribution < 1.29 is 4.74 Å². The zero-order valence-electron chi connectivity index (χ0n) is 9.03. The van der Waals surface area contributed by atoms with Gasteiger partial charge in [-0.1, -0.05) is 11.8 Å². The summed E-state index contributed by atoms with van der Waals surface area (Å²) in [5.41, 5.74) is 0. The maximum absolute atomic E-state index is 4.93. The van der Waals surface area contributed by atoms with E-state index in [4.69, 9.17) is 4.74 Å². The molecule has 0 aliphatic rings. The number of nitrogens with one attached hydrogen (secondary N) is 2. The highest BCUT2D eigenvalue weighted by molar-refractivity contribution is 7.99. The van der Waals surface area contributed by atoms with Gasteiger partial charge in [-0.15, -0.1) is 0 Å². The molecule has 15 heavy (non-hydrogen) atoms. The second-order valence-corrected chi connectivity index (χ2v) is 4.17. The van der Waals surface area contributed by atoms with Gasteiger partial charge in [0.1, 0.15) is 6.33 Å². The number of rotatable bonds is 9. The molecule has 0 saturated carbocycles. The van der Waals surface area contributed by atoms with Gasteiger partial charge < -0.3 is 10.1 Å². The SMILES string of the molecule is COCCNCCCCSc1ncn[nH]1. The maximum Gasteiger partial charge on any atom is 0.183 e. The first-order valence-electron chi connectivity index (χ1n) is 5.11. The lowest BCUT2D eigenvalue weighted by atomic mass is 10.3. The van der Waals surface area contributed by atoms with Gasteiger partial charge >= 0.3 is 0 Å². The Balaban J connectivity index is 1.81. The third-order valence-electron chi connectivity index (χ3n) is 1.86. The Morgan fingerprint density at radius 3 is 3.13 bits per heavy atom. The van der Waals surface area contributed by atoms with Gasteiger partial charge in [-0.05, 0) is 19.4 Å². The van der Waals surface area contributed by atoms with Crippen LogP contribution >= 0.6 is 11.8 Å². The van der Waals surface area contributed by atoms with Crippen molar-refractivity contribution in [1.29, 1.82) is 0 Å². The smallest absolute Gasteiger partial charge is 0.183 e. The topological polar surface area (TPSA) is 62.8 Å². The van der Waals surface area contributed by atoms with Crippen molar-refractivity contribution >= 4 is 11.8 Å². The van der Waals surface area contributed by atoms with Crippen molar-refractivity contribution in [1.82, 2.24) is 20.5 Å². The van der Waals surface area contributed by atoms with E-state index < -0.39 is 0 Å². The molecule has 0 atom stereocenters. The summed E-state index contributed by atoms with van der Waals surface area (Å²) in [6, 6.07) is 0.